The second-order valence-electron chi connectivity index (χ2n) is 7.04. The summed E-state index contributed by atoms with van der Waals surface area (Å²) < 4.78 is 42.6. The highest BCUT2D eigenvalue weighted by molar-refractivity contribution is 7.89. The molecule has 33 heavy (non-hydrogen) atoms. The number of carbonyl (C=O) groups is 2. The minimum atomic E-state index is -3.77. The van der Waals surface area contributed by atoms with Crippen molar-refractivity contribution < 1.29 is 32.2 Å². The molecule has 0 bridgehead atoms. The molecular formula is C23H30N2O7S. The van der Waals surface area contributed by atoms with Gasteiger partial charge in [-0.2, -0.15) is 0 Å². The number of sulfonamides is 1. The van der Waals surface area contributed by atoms with E-state index in [1.54, 1.807) is 19.2 Å². The summed E-state index contributed by atoms with van der Waals surface area (Å²) >= 11 is 0. The number of rotatable bonds is 13. The van der Waals surface area contributed by atoms with Gasteiger partial charge < -0.3 is 19.1 Å². The topological polar surface area (TPSA) is 111 Å². The Balaban J connectivity index is 1.72. The number of hydrogen-bond donors (Lipinski definition) is 1. The van der Waals surface area contributed by atoms with Crippen LogP contribution in [0.1, 0.15) is 25.8 Å². The largest absolute Gasteiger partial charge is 0.494 e. The molecule has 10 heteroatoms. The standard InChI is InChI=1S/C23H30N2O7S/c1-4-30-19-8-6-18(7-9-19)16-25(3)22(26)17-32-23(27)14-15-24-33(28,29)21-12-10-20(11-13-21)31-5-2/h6-13,24H,4-5,14-17H2,1-3H3. The first kappa shape index (κ1) is 26.1. The lowest BCUT2D eigenvalue weighted by Gasteiger charge is -2.17. The molecule has 0 heterocycles. The molecule has 2 aromatic carbocycles. The van der Waals surface area contributed by atoms with Gasteiger partial charge in [-0.25, -0.2) is 13.1 Å². The molecule has 1 amide bonds. The number of amides is 1. The van der Waals surface area contributed by atoms with E-state index in [1.165, 1.54) is 17.0 Å². The maximum absolute atomic E-state index is 12.3. The van der Waals surface area contributed by atoms with E-state index in [1.807, 2.05) is 38.1 Å². The third-order valence-corrected chi connectivity index (χ3v) is 5.98. The number of ether oxygens (including phenoxy) is 3. The van der Waals surface area contributed by atoms with E-state index in [2.05, 4.69) is 4.72 Å². The second kappa shape index (κ2) is 12.8. The molecule has 0 aliphatic carbocycles. The summed E-state index contributed by atoms with van der Waals surface area (Å²) in [6.07, 6.45) is -0.202. The summed E-state index contributed by atoms with van der Waals surface area (Å²) in [5.74, 6) is 0.277. The van der Waals surface area contributed by atoms with Gasteiger partial charge in [-0.3, -0.25) is 9.59 Å². The van der Waals surface area contributed by atoms with Crippen molar-refractivity contribution in [1.29, 1.82) is 0 Å². The third kappa shape index (κ3) is 8.74. The molecule has 2 aromatic rings. The molecule has 9 nitrogen and oxygen atoms in total. The van der Waals surface area contributed by atoms with E-state index in [-0.39, 0.29) is 23.8 Å². The normalized spacial score (nSPS) is 11.0. The van der Waals surface area contributed by atoms with Gasteiger partial charge >= 0.3 is 5.97 Å². The zero-order valence-electron chi connectivity index (χ0n) is 19.1. The molecule has 0 radical (unpaired) electrons. The first-order valence-electron chi connectivity index (χ1n) is 10.6. The average Bonchev–Trinajstić information content (AvgIpc) is 2.79. The second-order valence-corrected chi connectivity index (χ2v) is 8.81. The van der Waals surface area contributed by atoms with Gasteiger partial charge in [0.15, 0.2) is 6.61 Å². The smallest absolute Gasteiger partial charge is 0.307 e. The fourth-order valence-corrected chi connectivity index (χ4v) is 3.83. The Kier molecular flexibility index (Phi) is 10.1. The average molecular weight is 479 g/mol. The van der Waals surface area contributed by atoms with Crippen molar-refractivity contribution in [2.24, 2.45) is 0 Å². The van der Waals surface area contributed by atoms with Gasteiger partial charge in [0.2, 0.25) is 10.0 Å². The van der Waals surface area contributed by atoms with E-state index in [0.717, 1.165) is 11.3 Å². The van der Waals surface area contributed by atoms with Crippen LogP contribution >= 0.6 is 0 Å². The number of benzene rings is 2. The number of carbonyl (C=O) groups excluding carboxylic acids is 2. The first-order valence-corrected chi connectivity index (χ1v) is 12.1. The number of nitrogens with zero attached hydrogens (tertiary/aromatic N) is 1. The van der Waals surface area contributed by atoms with E-state index >= 15 is 0 Å². The summed E-state index contributed by atoms with van der Waals surface area (Å²) in [6, 6.07) is 13.3. The third-order valence-electron chi connectivity index (χ3n) is 4.50. The van der Waals surface area contributed by atoms with Crippen LogP contribution in [0.4, 0.5) is 0 Å². The fourth-order valence-electron chi connectivity index (χ4n) is 2.80. The maximum atomic E-state index is 12.3. The lowest BCUT2D eigenvalue weighted by Crippen LogP contribution is -2.31. The van der Waals surface area contributed by atoms with Crippen molar-refractivity contribution in [3.63, 3.8) is 0 Å². The summed E-state index contributed by atoms with van der Waals surface area (Å²) in [6.45, 7) is 4.57. The molecule has 0 atom stereocenters. The van der Waals surface area contributed by atoms with Crippen LogP contribution in [0.15, 0.2) is 53.4 Å². The molecular weight excluding hydrogens is 448 g/mol. The molecule has 0 spiro atoms. The lowest BCUT2D eigenvalue weighted by molar-refractivity contribution is -0.151. The van der Waals surface area contributed by atoms with Gasteiger partial charge in [0, 0.05) is 20.1 Å². The summed E-state index contributed by atoms with van der Waals surface area (Å²) in [7, 11) is -2.16. The predicted octanol–water partition coefficient (Wildman–Crippen LogP) is 2.35. The van der Waals surface area contributed by atoms with Crippen molar-refractivity contribution in [3.8, 4) is 11.5 Å². The Labute approximate surface area is 194 Å². The van der Waals surface area contributed by atoms with Crippen LogP contribution in [0.5, 0.6) is 11.5 Å². The molecule has 0 saturated carbocycles. The maximum Gasteiger partial charge on any atom is 0.307 e. The fraction of sp³-hybridized carbons (Fsp3) is 0.391. The number of likely N-dealkylation sites (N-methyl/N-ethyl adjacent to an activating group) is 1. The zero-order chi connectivity index (χ0) is 24.3. The molecule has 0 saturated heterocycles. The van der Waals surface area contributed by atoms with Crippen LogP contribution in [-0.4, -0.2) is 58.6 Å². The molecule has 0 unspecified atom stereocenters. The van der Waals surface area contributed by atoms with Crippen LogP contribution in [0, 0.1) is 0 Å². The van der Waals surface area contributed by atoms with Crippen LogP contribution in [0.2, 0.25) is 0 Å². The SMILES string of the molecule is CCOc1ccc(CN(C)C(=O)COC(=O)CCNS(=O)(=O)c2ccc(OCC)cc2)cc1. The van der Waals surface area contributed by atoms with Crippen LogP contribution in [0.3, 0.4) is 0 Å². The number of esters is 1. The molecule has 0 aliphatic heterocycles. The quantitative estimate of drug-likeness (QED) is 0.440. The highest BCUT2D eigenvalue weighted by atomic mass is 32.2. The molecule has 1 N–H and O–H groups in total. The van der Waals surface area contributed by atoms with E-state index in [0.29, 0.717) is 25.5 Å². The molecule has 0 aliphatic rings. The van der Waals surface area contributed by atoms with Crippen molar-refractivity contribution in [3.05, 3.63) is 54.1 Å². The van der Waals surface area contributed by atoms with Gasteiger partial charge in [0.1, 0.15) is 11.5 Å². The highest BCUT2D eigenvalue weighted by Crippen LogP contribution is 2.16. The molecule has 0 fully saturated rings. The lowest BCUT2D eigenvalue weighted by atomic mass is 10.2. The Morgan fingerprint density at radius 1 is 0.909 bits per heavy atom. The molecule has 0 aromatic heterocycles. The first-order chi connectivity index (χ1) is 15.7. The highest BCUT2D eigenvalue weighted by Gasteiger charge is 2.16. The number of nitrogens with one attached hydrogen (secondary N) is 1. The van der Waals surface area contributed by atoms with Gasteiger partial charge in [-0.15, -0.1) is 0 Å². The van der Waals surface area contributed by atoms with Gasteiger partial charge in [-0.1, -0.05) is 12.1 Å². The van der Waals surface area contributed by atoms with Crippen molar-refractivity contribution in [1.82, 2.24) is 9.62 Å². The minimum absolute atomic E-state index is 0.0606. The van der Waals surface area contributed by atoms with Crippen LogP contribution in [-0.2, 0) is 30.9 Å². The Morgan fingerprint density at radius 2 is 1.45 bits per heavy atom. The van der Waals surface area contributed by atoms with E-state index in [4.69, 9.17) is 14.2 Å². The van der Waals surface area contributed by atoms with E-state index in [9.17, 15) is 18.0 Å². The molecule has 2 rings (SSSR count). The predicted molar refractivity (Wildman–Crippen MR) is 122 cm³/mol. The van der Waals surface area contributed by atoms with Gasteiger partial charge in [-0.05, 0) is 55.8 Å². The summed E-state index contributed by atoms with van der Waals surface area (Å²) in [4.78, 5) is 25.6. The van der Waals surface area contributed by atoms with Gasteiger partial charge in [0.25, 0.3) is 5.91 Å². The summed E-state index contributed by atoms with van der Waals surface area (Å²) in [5, 5.41) is 0. The zero-order valence-corrected chi connectivity index (χ0v) is 19.9. The van der Waals surface area contributed by atoms with E-state index < -0.39 is 22.6 Å². The van der Waals surface area contributed by atoms with Gasteiger partial charge in [0.05, 0.1) is 24.5 Å². The monoisotopic (exact) mass is 478 g/mol. The Bertz CT molecular complexity index is 1010. The Morgan fingerprint density at radius 3 is 2.00 bits per heavy atom. The van der Waals surface area contributed by atoms with Crippen LogP contribution in [0.25, 0.3) is 0 Å². The van der Waals surface area contributed by atoms with Crippen molar-refractivity contribution >= 4 is 21.9 Å². The Hall–Kier alpha value is -3.11. The minimum Gasteiger partial charge on any atom is -0.494 e. The van der Waals surface area contributed by atoms with Crippen molar-refractivity contribution in [2.45, 2.75) is 31.7 Å². The molecule has 180 valence electrons. The van der Waals surface area contributed by atoms with Crippen molar-refractivity contribution in [2.75, 3.05) is 33.4 Å². The summed E-state index contributed by atoms with van der Waals surface area (Å²) in [5.41, 5.74) is 0.907. The van der Waals surface area contributed by atoms with Crippen LogP contribution < -0.4 is 14.2 Å². The number of hydrogen-bond acceptors (Lipinski definition) is 7.